The highest BCUT2D eigenvalue weighted by molar-refractivity contribution is 9.10. The first kappa shape index (κ1) is 18.1. The van der Waals surface area contributed by atoms with Crippen molar-refractivity contribution in [2.24, 2.45) is 0 Å². The highest BCUT2D eigenvalue weighted by Gasteiger charge is 2.13. The molecule has 0 radical (unpaired) electrons. The average molecular weight is 394 g/mol. The fourth-order valence-corrected chi connectivity index (χ4v) is 2.38. The Kier molecular flexibility index (Phi) is 6.49. The molecule has 0 bridgehead atoms. The molecule has 1 amide bonds. The third-order valence-corrected chi connectivity index (χ3v) is 3.93. The van der Waals surface area contributed by atoms with Crippen molar-refractivity contribution in [3.63, 3.8) is 0 Å². The number of rotatable bonds is 6. The molecule has 0 saturated heterocycles. The SMILES string of the molecule is C[C@H](NC(=O)COC(=O)Cc1ccccc1F)c1ccc(Br)cc1. The summed E-state index contributed by atoms with van der Waals surface area (Å²) in [7, 11) is 0. The first-order valence-electron chi connectivity index (χ1n) is 7.39. The van der Waals surface area contributed by atoms with Gasteiger partial charge in [0.2, 0.25) is 0 Å². The second kappa shape index (κ2) is 8.59. The number of esters is 1. The van der Waals surface area contributed by atoms with Crippen LogP contribution in [0.3, 0.4) is 0 Å². The van der Waals surface area contributed by atoms with Crippen LogP contribution in [0.2, 0.25) is 0 Å². The van der Waals surface area contributed by atoms with Crippen LogP contribution in [-0.4, -0.2) is 18.5 Å². The number of halogens is 2. The van der Waals surface area contributed by atoms with E-state index < -0.39 is 24.3 Å². The van der Waals surface area contributed by atoms with Gasteiger partial charge in [0, 0.05) is 4.47 Å². The molecule has 1 atom stereocenters. The van der Waals surface area contributed by atoms with Gasteiger partial charge in [-0.15, -0.1) is 0 Å². The first-order chi connectivity index (χ1) is 11.5. The zero-order valence-electron chi connectivity index (χ0n) is 13.1. The summed E-state index contributed by atoms with van der Waals surface area (Å²) in [5, 5.41) is 2.74. The average Bonchev–Trinajstić information content (AvgIpc) is 2.55. The monoisotopic (exact) mass is 393 g/mol. The van der Waals surface area contributed by atoms with Crippen molar-refractivity contribution in [3.8, 4) is 0 Å². The Morgan fingerprint density at radius 2 is 1.83 bits per heavy atom. The van der Waals surface area contributed by atoms with Crippen molar-refractivity contribution in [1.82, 2.24) is 5.32 Å². The molecule has 6 heteroatoms. The van der Waals surface area contributed by atoms with Gasteiger partial charge in [-0.3, -0.25) is 9.59 Å². The van der Waals surface area contributed by atoms with Crippen LogP contribution in [0.1, 0.15) is 24.1 Å². The predicted molar refractivity (Wildman–Crippen MR) is 91.8 cm³/mol. The number of hydrogen-bond acceptors (Lipinski definition) is 3. The van der Waals surface area contributed by atoms with Crippen molar-refractivity contribution in [2.45, 2.75) is 19.4 Å². The molecule has 4 nitrogen and oxygen atoms in total. The molecule has 0 aliphatic carbocycles. The van der Waals surface area contributed by atoms with Crippen LogP contribution in [-0.2, 0) is 20.7 Å². The molecule has 1 N–H and O–H groups in total. The van der Waals surface area contributed by atoms with E-state index in [0.717, 1.165) is 10.0 Å². The maximum atomic E-state index is 13.4. The molecular weight excluding hydrogens is 377 g/mol. The van der Waals surface area contributed by atoms with Gasteiger partial charge in [-0.25, -0.2) is 4.39 Å². The molecule has 0 aromatic heterocycles. The Morgan fingerprint density at radius 1 is 1.17 bits per heavy atom. The Hall–Kier alpha value is -2.21. The van der Waals surface area contributed by atoms with Crippen LogP contribution >= 0.6 is 15.9 Å². The van der Waals surface area contributed by atoms with E-state index in [2.05, 4.69) is 21.2 Å². The first-order valence-corrected chi connectivity index (χ1v) is 8.19. The Morgan fingerprint density at radius 3 is 2.50 bits per heavy atom. The van der Waals surface area contributed by atoms with Gasteiger partial charge in [0.25, 0.3) is 5.91 Å². The van der Waals surface area contributed by atoms with Crippen LogP contribution in [0.5, 0.6) is 0 Å². The minimum atomic E-state index is -0.647. The van der Waals surface area contributed by atoms with Crippen LogP contribution in [0.4, 0.5) is 4.39 Å². The molecular formula is C18H17BrFNO3. The second-order valence-electron chi connectivity index (χ2n) is 5.27. The van der Waals surface area contributed by atoms with Crippen molar-refractivity contribution >= 4 is 27.8 Å². The molecule has 2 aromatic rings. The lowest BCUT2D eigenvalue weighted by molar-refractivity contribution is -0.148. The molecule has 2 aromatic carbocycles. The zero-order chi connectivity index (χ0) is 17.5. The van der Waals surface area contributed by atoms with Gasteiger partial charge < -0.3 is 10.1 Å². The summed E-state index contributed by atoms with van der Waals surface area (Å²) < 4.78 is 19.3. The largest absolute Gasteiger partial charge is 0.455 e. The summed E-state index contributed by atoms with van der Waals surface area (Å²) in [6.07, 6.45) is -0.206. The van der Waals surface area contributed by atoms with E-state index in [-0.39, 0.29) is 18.0 Å². The Balaban J connectivity index is 1.79. The number of benzene rings is 2. The van der Waals surface area contributed by atoms with E-state index in [0.29, 0.717) is 0 Å². The van der Waals surface area contributed by atoms with Crippen LogP contribution < -0.4 is 5.32 Å². The summed E-state index contributed by atoms with van der Waals surface area (Å²) in [5.41, 5.74) is 1.18. The van der Waals surface area contributed by atoms with Crippen LogP contribution in [0.25, 0.3) is 0 Å². The van der Waals surface area contributed by atoms with E-state index in [4.69, 9.17) is 4.74 Å². The van der Waals surface area contributed by atoms with Gasteiger partial charge >= 0.3 is 5.97 Å². The van der Waals surface area contributed by atoms with Gasteiger partial charge in [0.05, 0.1) is 12.5 Å². The number of ether oxygens (including phenoxy) is 1. The third kappa shape index (κ3) is 5.45. The lowest BCUT2D eigenvalue weighted by Gasteiger charge is -2.14. The number of nitrogens with one attached hydrogen (secondary N) is 1. The molecule has 24 heavy (non-hydrogen) atoms. The summed E-state index contributed by atoms with van der Waals surface area (Å²) in [6.45, 7) is 1.44. The minimum Gasteiger partial charge on any atom is -0.455 e. The molecule has 126 valence electrons. The molecule has 2 rings (SSSR count). The second-order valence-corrected chi connectivity index (χ2v) is 6.19. The molecule has 0 aliphatic rings. The standard InChI is InChI=1S/C18H17BrFNO3/c1-12(13-6-8-15(19)9-7-13)21-17(22)11-24-18(23)10-14-4-2-3-5-16(14)20/h2-9,12H,10-11H2,1H3,(H,21,22)/t12-/m0/s1. The highest BCUT2D eigenvalue weighted by atomic mass is 79.9. The molecule has 0 saturated carbocycles. The Bertz CT molecular complexity index is 718. The smallest absolute Gasteiger partial charge is 0.310 e. The molecule has 0 spiro atoms. The number of carbonyl (C=O) groups excluding carboxylic acids is 2. The normalized spacial score (nSPS) is 11.6. The Labute approximate surface area is 148 Å². The highest BCUT2D eigenvalue weighted by Crippen LogP contribution is 2.16. The van der Waals surface area contributed by atoms with E-state index in [1.165, 1.54) is 12.1 Å². The van der Waals surface area contributed by atoms with E-state index in [9.17, 15) is 14.0 Å². The predicted octanol–water partition coefficient (Wildman–Crippen LogP) is 3.55. The minimum absolute atomic E-state index is 0.206. The van der Waals surface area contributed by atoms with Crippen molar-refractivity contribution in [3.05, 3.63) is 69.9 Å². The quantitative estimate of drug-likeness (QED) is 0.763. The number of carbonyl (C=O) groups is 2. The summed E-state index contributed by atoms with van der Waals surface area (Å²) in [4.78, 5) is 23.5. The fraction of sp³-hybridized carbons (Fsp3) is 0.222. The maximum absolute atomic E-state index is 13.4. The topological polar surface area (TPSA) is 55.4 Å². The van der Waals surface area contributed by atoms with Crippen LogP contribution in [0.15, 0.2) is 53.0 Å². The summed E-state index contributed by atoms with van der Waals surface area (Å²) in [5.74, 6) is -1.53. The summed E-state index contributed by atoms with van der Waals surface area (Å²) in [6, 6.07) is 13.3. The van der Waals surface area contributed by atoms with Gasteiger partial charge in [0.1, 0.15) is 5.82 Å². The molecule has 0 aliphatic heterocycles. The molecule has 0 fully saturated rings. The van der Waals surface area contributed by atoms with E-state index in [1.54, 1.807) is 12.1 Å². The van der Waals surface area contributed by atoms with E-state index >= 15 is 0 Å². The van der Waals surface area contributed by atoms with Crippen LogP contribution in [0, 0.1) is 5.82 Å². The maximum Gasteiger partial charge on any atom is 0.310 e. The lowest BCUT2D eigenvalue weighted by Crippen LogP contribution is -2.31. The lowest BCUT2D eigenvalue weighted by atomic mass is 10.1. The number of amides is 1. The van der Waals surface area contributed by atoms with Crippen molar-refractivity contribution in [1.29, 1.82) is 0 Å². The van der Waals surface area contributed by atoms with Gasteiger partial charge in [0.15, 0.2) is 6.61 Å². The van der Waals surface area contributed by atoms with E-state index in [1.807, 2.05) is 31.2 Å². The molecule has 0 heterocycles. The van der Waals surface area contributed by atoms with Crippen molar-refractivity contribution < 1.29 is 18.7 Å². The third-order valence-electron chi connectivity index (χ3n) is 3.40. The number of hydrogen-bond donors (Lipinski definition) is 1. The zero-order valence-corrected chi connectivity index (χ0v) is 14.7. The molecule has 0 unspecified atom stereocenters. The fourth-order valence-electron chi connectivity index (χ4n) is 2.11. The van der Waals surface area contributed by atoms with Crippen molar-refractivity contribution in [2.75, 3.05) is 6.61 Å². The van der Waals surface area contributed by atoms with Gasteiger partial charge in [-0.05, 0) is 36.2 Å². The van der Waals surface area contributed by atoms with Gasteiger partial charge in [-0.2, -0.15) is 0 Å². The van der Waals surface area contributed by atoms with Gasteiger partial charge in [-0.1, -0.05) is 46.3 Å². The summed E-state index contributed by atoms with van der Waals surface area (Å²) >= 11 is 3.35.